The summed E-state index contributed by atoms with van der Waals surface area (Å²) in [6.07, 6.45) is 2.12. The largest absolute Gasteiger partial charge is 0.390 e. The van der Waals surface area contributed by atoms with Crippen LogP contribution in [0, 0.1) is 0 Å². The second-order valence-corrected chi connectivity index (χ2v) is 3.01. The Morgan fingerprint density at radius 3 is 2.27 bits per heavy atom. The lowest BCUT2D eigenvalue weighted by atomic mass is 10.1. The lowest BCUT2D eigenvalue weighted by Crippen LogP contribution is -2.21. The molecule has 0 fully saturated rings. The number of unbranched alkanes of at least 4 members (excludes halogenated alkanes) is 1. The lowest BCUT2D eigenvalue weighted by Gasteiger charge is -2.13. The van der Waals surface area contributed by atoms with E-state index in [1.165, 1.54) is 0 Å². The van der Waals surface area contributed by atoms with E-state index in [1.54, 1.807) is 0 Å². The predicted octanol–water partition coefficient (Wildman–Crippen LogP) is 2.68. The highest BCUT2D eigenvalue weighted by molar-refractivity contribution is 4.66. The number of rotatable bonds is 6. The first-order chi connectivity index (χ1) is 5.22. The van der Waals surface area contributed by atoms with Gasteiger partial charge < -0.3 is 5.11 Å². The monoisotopic (exact) mass is 162 g/mol. The van der Waals surface area contributed by atoms with Gasteiger partial charge in [-0.3, -0.25) is 0 Å². The van der Waals surface area contributed by atoms with Gasteiger partial charge in [-0.05, 0) is 12.8 Å². The maximum absolute atomic E-state index is 12.9. The number of aliphatic hydroxyl groups excluding tert-OH is 1. The number of hydrogen-bond donors (Lipinski definition) is 1. The van der Waals surface area contributed by atoms with Crippen molar-refractivity contribution in [2.45, 2.75) is 58.2 Å². The van der Waals surface area contributed by atoms with E-state index in [0.717, 1.165) is 19.3 Å². The number of aliphatic hydroxyl groups is 1. The summed E-state index contributed by atoms with van der Waals surface area (Å²) in [5, 5.41) is 9.20. The maximum Gasteiger partial charge on any atom is 0.126 e. The van der Waals surface area contributed by atoms with Crippen molar-refractivity contribution in [1.29, 1.82) is 0 Å². The zero-order valence-electron chi connectivity index (χ0n) is 7.52. The third-order valence-electron chi connectivity index (χ3n) is 1.84. The second-order valence-electron chi connectivity index (χ2n) is 3.01. The van der Waals surface area contributed by atoms with Crippen LogP contribution in [0.15, 0.2) is 0 Å². The van der Waals surface area contributed by atoms with Crippen LogP contribution < -0.4 is 0 Å². The third kappa shape index (κ3) is 5.19. The summed E-state index contributed by atoms with van der Waals surface area (Å²) < 4.78 is 12.9. The van der Waals surface area contributed by atoms with Crippen LogP contribution in [-0.2, 0) is 0 Å². The van der Waals surface area contributed by atoms with E-state index in [1.807, 2.05) is 13.8 Å². The Kier molecular flexibility index (Phi) is 6.52. The van der Waals surface area contributed by atoms with Crippen LogP contribution in [0.4, 0.5) is 4.39 Å². The quantitative estimate of drug-likeness (QED) is 0.636. The van der Waals surface area contributed by atoms with E-state index in [4.69, 9.17) is 0 Å². The zero-order valence-corrected chi connectivity index (χ0v) is 7.52. The fraction of sp³-hybridized carbons (Fsp3) is 1.00. The summed E-state index contributed by atoms with van der Waals surface area (Å²) in [4.78, 5) is 0. The average molecular weight is 162 g/mol. The van der Waals surface area contributed by atoms with E-state index < -0.39 is 12.3 Å². The summed E-state index contributed by atoms with van der Waals surface area (Å²) in [5.41, 5.74) is 0. The van der Waals surface area contributed by atoms with Crippen molar-refractivity contribution in [2.75, 3.05) is 0 Å². The van der Waals surface area contributed by atoms with Crippen LogP contribution >= 0.6 is 0 Å². The number of alkyl halides is 1. The van der Waals surface area contributed by atoms with Crippen molar-refractivity contribution < 1.29 is 9.50 Å². The first-order valence-electron chi connectivity index (χ1n) is 4.54. The van der Waals surface area contributed by atoms with E-state index in [9.17, 15) is 9.50 Å². The normalized spacial score (nSPS) is 16.4. The smallest absolute Gasteiger partial charge is 0.126 e. The Morgan fingerprint density at radius 1 is 1.18 bits per heavy atom. The number of hydrogen-bond acceptors (Lipinski definition) is 1. The van der Waals surface area contributed by atoms with Gasteiger partial charge >= 0.3 is 0 Å². The molecular weight excluding hydrogens is 143 g/mol. The van der Waals surface area contributed by atoms with Gasteiger partial charge in [0.25, 0.3) is 0 Å². The maximum atomic E-state index is 12.9. The van der Waals surface area contributed by atoms with Crippen LogP contribution in [0.2, 0.25) is 0 Å². The first kappa shape index (κ1) is 10.9. The highest BCUT2D eigenvalue weighted by Gasteiger charge is 2.15. The molecule has 0 radical (unpaired) electrons. The van der Waals surface area contributed by atoms with Crippen molar-refractivity contribution in [3.63, 3.8) is 0 Å². The second kappa shape index (κ2) is 6.59. The molecule has 68 valence electrons. The fourth-order valence-electron chi connectivity index (χ4n) is 1.06. The van der Waals surface area contributed by atoms with E-state index in [2.05, 4.69) is 0 Å². The van der Waals surface area contributed by atoms with Crippen molar-refractivity contribution in [3.05, 3.63) is 0 Å². The van der Waals surface area contributed by atoms with Gasteiger partial charge in [-0.25, -0.2) is 4.39 Å². The van der Waals surface area contributed by atoms with Gasteiger partial charge in [-0.2, -0.15) is 0 Å². The molecule has 0 aromatic carbocycles. The molecule has 0 aliphatic carbocycles. The van der Waals surface area contributed by atoms with Crippen molar-refractivity contribution in [3.8, 4) is 0 Å². The molecule has 0 spiro atoms. The minimum absolute atomic E-state index is 0.491. The van der Waals surface area contributed by atoms with Crippen LogP contribution in [0.3, 0.4) is 0 Å². The number of halogens is 1. The van der Waals surface area contributed by atoms with Crippen LogP contribution in [0.1, 0.15) is 46.0 Å². The summed E-state index contributed by atoms with van der Waals surface area (Å²) >= 11 is 0. The molecule has 0 rings (SSSR count). The fourth-order valence-corrected chi connectivity index (χ4v) is 1.06. The Labute approximate surface area is 68.6 Å². The highest BCUT2D eigenvalue weighted by Crippen LogP contribution is 2.12. The highest BCUT2D eigenvalue weighted by atomic mass is 19.1. The third-order valence-corrected chi connectivity index (χ3v) is 1.84. The molecule has 1 nitrogen and oxygen atoms in total. The summed E-state index contributed by atoms with van der Waals surface area (Å²) in [6, 6.07) is 0. The standard InChI is InChI=1S/C9H19FO/c1-3-5-7-9(11)8(10)6-4-2/h8-9,11H,3-7H2,1-2H3. The molecule has 11 heavy (non-hydrogen) atoms. The molecule has 0 saturated carbocycles. The van der Waals surface area contributed by atoms with Crippen molar-refractivity contribution in [2.24, 2.45) is 0 Å². The molecule has 2 heteroatoms. The average Bonchev–Trinajstić information content (AvgIpc) is 2.00. The van der Waals surface area contributed by atoms with Crippen LogP contribution in [0.25, 0.3) is 0 Å². The van der Waals surface area contributed by atoms with E-state index in [0.29, 0.717) is 12.8 Å². The molecule has 0 bridgehead atoms. The Morgan fingerprint density at radius 2 is 1.82 bits per heavy atom. The van der Waals surface area contributed by atoms with Gasteiger partial charge in [0.2, 0.25) is 0 Å². The van der Waals surface area contributed by atoms with Gasteiger partial charge in [-0.1, -0.05) is 33.1 Å². The predicted molar refractivity (Wildman–Crippen MR) is 45.3 cm³/mol. The molecule has 0 amide bonds. The minimum Gasteiger partial charge on any atom is -0.390 e. The first-order valence-corrected chi connectivity index (χ1v) is 4.54. The van der Waals surface area contributed by atoms with Gasteiger partial charge in [0, 0.05) is 0 Å². The molecule has 0 aromatic heterocycles. The lowest BCUT2D eigenvalue weighted by molar-refractivity contribution is 0.0636. The van der Waals surface area contributed by atoms with E-state index >= 15 is 0 Å². The Hall–Kier alpha value is -0.110. The molecule has 0 aliphatic rings. The Balaban J connectivity index is 3.38. The van der Waals surface area contributed by atoms with Gasteiger partial charge in [0.05, 0.1) is 6.10 Å². The molecular formula is C9H19FO. The summed E-state index contributed by atoms with van der Waals surface area (Å²) in [6.45, 7) is 3.97. The molecule has 2 unspecified atom stereocenters. The molecule has 2 atom stereocenters. The molecule has 0 aromatic rings. The topological polar surface area (TPSA) is 20.2 Å². The van der Waals surface area contributed by atoms with Gasteiger partial charge in [0.1, 0.15) is 6.17 Å². The molecule has 0 heterocycles. The zero-order chi connectivity index (χ0) is 8.69. The molecule has 0 aliphatic heterocycles. The van der Waals surface area contributed by atoms with Crippen molar-refractivity contribution >= 4 is 0 Å². The molecule has 1 N–H and O–H groups in total. The van der Waals surface area contributed by atoms with E-state index in [-0.39, 0.29) is 0 Å². The summed E-state index contributed by atoms with van der Waals surface area (Å²) in [7, 11) is 0. The minimum atomic E-state index is -1.01. The summed E-state index contributed by atoms with van der Waals surface area (Å²) in [5.74, 6) is 0. The van der Waals surface area contributed by atoms with Crippen LogP contribution in [-0.4, -0.2) is 17.4 Å². The van der Waals surface area contributed by atoms with Crippen molar-refractivity contribution in [1.82, 2.24) is 0 Å². The molecule has 0 saturated heterocycles. The SMILES string of the molecule is CCCCC(O)C(F)CCC. The van der Waals surface area contributed by atoms with Gasteiger partial charge in [-0.15, -0.1) is 0 Å². The van der Waals surface area contributed by atoms with Gasteiger partial charge in [0.15, 0.2) is 0 Å². The Bertz CT molecular complexity index is 85.6. The van der Waals surface area contributed by atoms with Crippen LogP contribution in [0.5, 0.6) is 0 Å².